The second kappa shape index (κ2) is 6.88. The van der Waals surface area contributed by atoms with Crippen molar-refractivity contribution in [3.8, 4) is 11.3 Å². The molecule has 0 spiro atoms. The van der Waals surface area contributed by atoms with Crippen LogP contribution >= 0.6 is 0 Å². The average Bonchev–Trinajstić information content (AvgIpc) is 2.96. The zero-order valence-electron chi connectivity index (χ0n) is 13.4. The Bertz CT molecular complexity index is 919. The van der Waals surface area contributed by atoms with E-state index >= 15 is 0 Å². The molecular weight excluding hydrogens is 320 g/mol. The minimum Gasteiger partial charge on any atom is -0.478 e. The number of aromatic carboxylic acids is 1. The van der Waals surface area contributed by atoms with Crippen LogP contribution in [0.4, 0.5) is 16.3 Å². The van der Waals surface area contributed by atoms with E-state index in [0.29, 0.717) is 11.5 Å². The number of anilines is 2. The van der Waals surface area contributed by atoms with Gasteiger partial charge in [0.2, 0.25) is 0 Å². The molecule has 0 aliphatic heterocycles. The van der Waals surface area contributed by atoms with Gasteiger partial charge in [-0.15, -0.1) is 0 Å². The van der Waals surface area contributed by atoms with E-state index in [4.69, 9.17) is 5.11 Å². The van der Waals surface area contributed by atoms with Crippen LogP contribution in [0.25, 0.3) is 11.3 Å². The fourth-order valence-corrected chi connectivity index (χ4v) is 2.42. The third-order valence-corrected chi connectivity index (χ3v) is 3.56. The summed E-state index contributed by atoms with van der Waals surface area (Å²) in [7, 11) is 1.79. The summed E-state index contributed by atoms with van der Waals surface area (Å²) < 4.78 is 1.68. The van der Waals surface area contributed by atoms with E-state index < -0.39 is 12.0 Å². The number of nitrogens with zero attached hydrogens (tertiary/aromatic N) is 2. The molecule has 0 saturated heterocycles. The van der Waals surface area contributed by atoms with E-state index in [1.807, 2.05) is 30.3 Å². The van der Waals surface area contributed by atoms with Gasteiger partial charge in [0.1, 0.15) is 0 Å². The van der Waals surface area contributed by atoms with Crippen LogP contribution in [0.5, 0.6) is 0 Å². The molecular formula is C18H16N4O3. The van der Waals surface area contributed by atoms with Gasteiger partial charge in [-0.3, -0.25) is 10.00 Å². The first-order valence-corrected chi connectivity index (χ1v) is 7.54. The summed E-state index contributed by atoms with van der Waals surface area (Å²) in [5.74, 6) is -0.658. The SMILES string of the molecule is Cn1nc(NC(=O)Nc2cccc(C(=O)O)c2)cc1-c1ccccc1. The minimum absolute atomic E-state index is 0.0991. The summed E-state index contributed by atoms with van der Waals surface area (Å²) in [5.41, 5.74) is 2.34. The Morgan fingerprint density at radius 3 is 2.48 bits per heavy atom. The number of carbonyl (C=O) groups is 2. The van der Waals surface area contributed by atoms with Gasteiger partial charge in [0.25, 0.3) is 0 Å². The molecule has 2 aromatic carbocycles. The first-order chi connectivity index (χ1) is 12.0. The average molecular weight is 336 g/mol. The van der Waals surface area contributed by atoms with Gasteiger partial charge in [-0.05, 0) is 23.8 Å². The Balaban J connectivity index is 1.72. The first kappa shape index (κ1) is 16.3. The molecule has 0 atom stereocenters. The number of rotatable bonds is 4. The largest absolute Gasteiger partial charge is 0.478 e. The highest BCUT2D eigenvalue weighted by atomic mass is 16.4. The molecule has 0 radical (unpaired) electrons. The summed E-state index contributed by atoms with van der Waals surface area (Å²) in [6, 6.07) is 17.0. The number of amides is 2. The number of hydrogen-bond donors (Lipinski definition) is 3. The zero-order valence-corrected chi connectivity index (χ0v) is 13.4. The number of carboxylic acid groups (broad SMARTS) is 1. The molecule has 1 heterocycles. The molecule has 3 N–H and O–H groups in total. The van der Waals surface area contributed by atoms with Gasteiger partial charge in [-0.1, -0.05) is 36.4 Å². The monoisotopic (exact) mass is 336 g/mol. The molecule has 2 amide bonds. The Hall–Kier alpha value is -3.61. The van der Waals surface area contributed by atoms with Crippen molar-refractivity contribution in [3.63, 3.8) is 0 Å². The summed E-state index contributed by atoms with van der Waals surface area (Å²) in [5, 5.41) is 18.5. The van der Waals surface area contributed by atoms with Gasteiger partial charge in [0, 0.05) is 18.8 Å². The Morgan fingerprint density at radius 2 is 1.76 bits per heavy atom. The second-order valence-electron chi connectivity index (χ2n) is 5.37. The molecule has 0 aliphatic rings. The number of hydrogen-bond acceptors (Lipinski definition) is 3. The fourth-order valence-electron chi connectivity index (χ4n) is 2.42. The fraction of sp³-hybridized carbons (Fsp3) is 0.0556. The highest BCUT2D eigenvalue weighted by Crippen LogP contribution is 2.21. The van der Waals surface area contributed by atoms with Gasteiger partial charge in [-0.2, -0.15) is 5.10 Å². The van der Waals surface area contributed by atoms with Crippen molar-refractivity contribution in [2.45, 2.75) is 0 Å². The lowest BCUT2D eigenvalue weighted by Gasteiger charge is -2.06. The predicted octanol–water partition coefficient (Wildman–Crippen LogP) is 3.43. The smallest absolute Gasteiger partial charge is 0.335 e. The number of nitrogens with one attached hydrogen (secondary N) is 2. The number of aromatic nitrogens is 2. The van der Waals surface area contributed by atoms with Crippen molar-refractivity contribution in [1.82, 2.24) is 9.78 Å². The molecule has 25 heavy (non-hydrogen) atoms. The zero-order chi connectivity index (χ0) is 17.8. The maximum absolute atomic E-state index is 12.1. The van der Waals surface area contributed by atoms with E-state index in [2.05, 4.69) is 15.7 Å². The summed E-state index contributed by atoms with van der Waals surface area (Å²) >= 11 is 0. The molecule has 0 saturated carbocycles. The topological polar surface area (TPSA) is 96.3 Å². The van der Waals surface area contributed by atoms with Crippen LogP contribution in [-0.4, -0.2) is 26.9 Å². The molecule has 3 aromatic rings. The van der Waals surface area contributed by atoms with Gasteiger partial charge >= 0.3 is 12.0 Å². The van der Waals surface area contributed by atoms with Crippen LogP contribution in [-0.2, 0) is 7.05 Å². The molecule has 0 fully saturated rings. The van der Waals surface area contributed by atoms with Crippen LogP contribution in [0.15, 0.2) is 60.7 Å². The van der Waals surface area contributed by atoms with Gasteiger partial charge in [0.05, 0.1) is 11.3 Å². The van der Waals surface area contributed by atoms with Crippen LogP contribution in [0.2, 0.25) is 0 Å². The number of carboxylic acids is 1. The van der Waals surface area contributed by atoms with Crippen molar-refractivity contribution < 1.29 is 14.7 Å². The maximum Gasteiger partial charge on any atom is 0.335 e. The lowest BCUT2D eigenvalue weighted by molar-refractivity contribution is 0.0697. The van der Waals surface area contributed by atoms with Gasteiger partial charge < -0.3 is 10.4 Å². The Morgan fingerprint density at radius 1 is 1.00 bits per heavy atom. The van der Waals surface area contributed by atoms with Crippen molar-refractivity contribution in [3.05, 3.63) is 66.2 Å². The third-order valence-electron chi connectivity index (χ3n) is 3.56. The van der Waals surface area contributed by atoms with Crippen LogP contribution in [0.1, 0.15) is 10.4 Å². The number of aryl methyl sites for hydroxylation is 1. The van der Waals surface area contributed by atoms with Gasteiger partial charge in [-0.25, -0.2) is 9.59 Å². The predicted molar refractivity (Wildman–Crippen MR) is 94.7 cm³/mol. The summed E-state index contributed by atoms with van der Waals surface area (Å²) in [6.45, 7) is 0. The quantitative estimate of drug-likeness (QED) is 0.680. The molecule has 1 aromatic heterocycles. The van der Waals surface area contributed by atoms with Crippen LogP contribution < -0.4 is 10.6 Å². The van der Waals surface area contributed by atoms with Crippen LogP contribution in [0, 0.1) is 0 Å². The van der Waals surface area contributed by atoms with E-state index in [-0.39, 0.29) is 5.56 Å². The number of carbonyl (C=O) groups excluding carboxylic acids is 1. The lowest BCUT2D eigenvalue weighted by Crippen LogP contribution is -2.20. The van der Waals surface area contributed by atoms with Crippen molar-refractivity contribution in [1.29, 1.82) is 0 Å². The minimum atomic E-state index is -1.05. The Labute approximate surface area is 143 Å². The van der Waals surface area contributed by atoms with E-state index in [9.17, 15) is 9.59 Å². The van der Waals surface area contributed by atoms with Crippen LogP contribution in [0.3, 0.4) is 0 Å². The van der Waals surface area contributed by atoms with E-state index in [1.165, 1.54) is 12.1 Å². The molecule has 7 heteroatoms. The number of benzene rings is 2. The summed E-state index contributed by atoms with van der Waals surface area (Å²) in [6.07, 6.45) is 0. The second-order valence-corrected chi connectivity index (χ2v) is 5.37. The van der Waals surface area contributed by atoms with Crippen molar-refractivity contribution >= 4 is 23.5 Å². The summed E-state index contributed by atoms with van der Waals surface area (Å²) in [4.78, 5) is 23.1. The molecule has 7 nitrogen and oxygen atoms in total. The normalized spacial score (nSPS) is 10.3. The molecule has 0 aliphatic carbocycles. The molecule has 0 unspecified atom stereocenters. The first-order valence-electron chi connectivity index (χ1n) is 7.54. The maximum atomic E-state index is 12.1. The molecule has 3 rings (SSSR count). The number of urea groups is 1. The standard InChI is InChI=1S/C18H16N4O3/c1-22-15(12-6-3-2-4-7-12)11-16(21-22)20-18(25)19-14-9-5-8-13(10-14)17(23)24/h2-11H,1H3,(H,23,24)(H2,19,20,21,25). The Kier molecular flexibility index (Phi) is 4.47. The highest BCUT2D eigenvalue weighted by Gasteiger charge is 2.11. The van der Waals surface area contributed by atoms with Crippen molar-refractivity contribution in [2.75, 3.05) is 10.6 Å². The van der Waals surface area contributed by atoms with Gasteiger partial charge in [0.15, 0.2) is 5.82 Å². The lowest BCUT2D eigenvalue weighted by atomic mass is 10.1. The highest BCUT2D eigenvalue weighted by molar-refractivity contribution is 6.00. The molecule has 126 valence electrons. The molecule has 0 bridgehead atoms. The third kappa shape index (κ3) is 3.84. The van der Waals surface area contributed by atoms with Crippen molar-refractivity contribution in [2.24, 2.45) is 7.05 Å². The van der Waals surface area contributed by atoms with E-state index in [1.54, 1.807) is 29.9 Å². The van der Waals surface area contributed by atoms with E-state index in [0.717, 1.165) is 11.3 Å².